The van der Waals surface area contributed by atoms with Crippen molar-refractivity contribution in [2.24, 2.45) is 5.73 Å². The van der Waals surface area contributed by atoms with Crippen molar-refractivity contribution < 1.29 is 4.74 Å². The van der Waals surface area contributed by atoms with Gasteiger partial charge in [0.25, 0.3) is 0 Å². The third kappa shape index (κ3) is 2.21. The molecule has 0 saturated heterocycles. The summed E-state index contributed by atoms with van der Waals surface area (Å²) in [6, 6.07) is 14.7. The maximum Gasteiger partial charge on any atom is 0.233 e. The van der Waals surface area contributed by atoms with Crippen LogP contribution in [0.15, 0.2) is 60.6 Å². The SMILES string of the molecule is NC1=C[N+]([O-])=C(c2ccccc2)c2cc(Cl)ccc2N1. The van der Waals surface area contributed by atoms with E-state index < -0.39 is 0 Å². The molecule has 1 aliphatic heterocycles. The molecule has 1 aliphatic rings. The Morgan fingerprint density at radius 1 is 1.10 bits per heavy atom. The zero-order valence-electron chi connectivity index (χ0n) is 10.5. The van der Waals surface area contributed by atoms with Crippen LogP contribution >= 0.6 is 11.6 Å². The molecule has 5 heteroatoms. The van der Waals surface area contributed by atoms with E-state index in [-0.39, 0.29) is 5.82 Å². The van der Waals surface area contributed by atoms with Crippen molar-refractivity contribution in [3.63, 3.8) is 0 Å². The van der Waals surface area contributed by atoms with Crippen molar-refractivity contribution in [3.8, 4) is 0 Å². The first-order valence-electron chi connectivity index (χ1n) is 6.08. The lowest BCUT2D eigenvalue weighted by Gasteiger charge is -2.10. The number of hydrogen-bond acceptors (Lipinski definition) is 3. The van der Waals surface area contributed by atoms with Gasteiger partial charge in [-0.25, -0.2) is 0 Å². The lowest BCUT2D eigenvalue weighted by Crippen LogP contribution is -2.14. The number of halogens is 1. The van der Waals surface area contributed by atoms with Crippen molar-refractivity contribution in [1.29, 1.82) is 0 Å². The average molecular weight is 286 g/mol. The van der Waals surface area contributed by atoms with Gasteiger partial charge in [-0.15, -0.1) is 0 Å². The van der Waals surface area contributed by atoms with Crippen LogP contribution in [0.2, 0.25) is 5.02 Å². The molecule has 3 N–H and O–H groups in total. The van der Waals surface area contributed by atoms with Gasteiger partial charge in [0.15, 0.2) is 5.82 Å². The summed E-state index contributed by atoms with van der Waals surface area (Å²) >= 11 is 6.06. The number of fused-ring (bicyclic) bond motifs is 1. The molecule has 3 rings (SSSR count). The molecule has 4 nitrogen and oxygen atoms in total. The highest BCUT2D eigenvalue weighted by Gasteiger charge is 2.22. The van der Waals surface area contributed by atoms with Crippen LogP contribution in [0, 0.1) is 5.21 Å². The minimum atomic E-state index is 0.287. The normalized spacial score (nSPS) is 14.2. The molecular formula is C15H12ClN3O. The molecule has 0 aromatic heterocycles. The van der Waals surface area contributed by atoms with E-state index in [0.29, 0.717) is 10.7 Å². The summed E-state index contributed by atoms with van der Waals surface area (Å²) in [6.07, 6.45) is 1.32. The summed E-state index contributed by atoms with van der Waals surface area (Å²) < 4.78 is 0.764. The van der Waals surface area contributed by atoms with Crippen molar-refractivity contribution in [2.75, 3.05) is 5.32 Å². The van der Waals surface area contributed by atoms with Gasteiger partial charge in [0.2, 0.25) is 11.9 Å². The minimum Gasteiger partial charge on any atom is -0.618 e. The lowest BCUT2D eigenvalue weighted by atomic mass is 10.0. The number of hydrogen-bond donors (Lipinski definition) is 2. The van der Waals surface area contributed by atoms with Gasteiger partial charge in [0.05, 0.1) is 11.3 Å². The van der Waals surface area contributed by atoms with Crippen LogP contribution < -0.4 is 11.1 Å². The van der Waals surface area contributed by atoms with Gasteiger partial charge in [-0.3, -0.25) is 0 Å². The highest BCUT2D eigenvalue weighted by molar-refractivity contribution is 6.31. The highest BCUT2D eigenvalue weighted by atomic mass is 35.5. The Balaban J connectivity index is 2.30. The van der Waals surface area contributed by atoms with Gasteiger partial charge in [0.1, 0.15) is 0 Å². The molecule has 0 unspecified atom stereocenters. The quantitative estimate of drug-likeness (QED) is 0.625. The van der Waals surface area contributed by atoms with E-state index in [4.69, 9.17) is 17.3 Å². The van der Waals surface area contributed by atoms with E-state index >= 15 is 0 Å². The van der Waals surface area contributed by atoms with Gasteiger partial charge in [-0.1, -0.05) is 29.8 Å². The van der Waals surface area contributed by atoms with E-state index in [1.54, 1.807) is 18.2 Å². The van der Waals surface area contributed by atoms with E-state index in [9.17, 15) is 5.21 Å². The monoisotopic (exact) mass is 285 g/mol. The molecule has 0 aliphatic carbocycles. The Morgan fingerprint density at radius 2 is 1.85 bits per heavy atom. The third-order valence-electron chi connectivity index (χ3n) is 3.04. The lowest BCUT2D eigenvalue weighted by molar-refractivity contribution is -0.378. The number of benzene rings is 2. The number of nitrogens with one attached hydrogen (secondary N) is 1. The predicted octanol–water partition coefficient (Wildman–Crippen LogP) is 2.87. The Labute approximate surface area is 121 Å². The second kappa shape index (κ2) is 4.90. The summed E-state index contributed by atoms with van der Waals surface area (Å²) in [7, 11) is 0. The van der Waals surface area contributed by atoms with E-state index in [2.05, 4.69) is 5.32 Å². The van der Waals surface area contributed by atoms with Crippen LogP contribution in [0.25, 0.3) is 0 Å². The number of rotatable bonds is 1. The number of nitrogens with zero attached hydrogens (tertiary/aromatic N) is 1. The Morgan fingerprint density at radius 3 is 2.60 bits per heavy atom. The average Bonchev–Trinajstić information content (AvgIpc) is 2.54. The van der Waals surface area contributed by atoms with E-state index in [0.717, 1.165) is 21.6 Å². The largest absolute Gasteiger partial charge is 0.618 e. The smallest absolute Gasteiger partial charge is 0.233 e. The molecule has 2 aromatic carbocycles. The Bertz CT molecular complexity index is 723. The standard InChI is InChI=1S/C15H12ClN3O/c16-11-6-7-13-12(8-11)15(10-4-2-1-3-5-10)19(20)9-14(17)18-13/h1-9,18H,17H2. The number of anilines is 1. The highest BCUT2D eigenvalue weighted by Crippen LogP contribution is 2.26. The molecule has 1 heterocycles. The Hall–Kier alpha value is -2.46. The van der Waals surface area contributed by atoms with Gasteiger partial charge < -0.3 is 16.3 Å². The van der Waals surface area contributed by atoms with Gasteiger partial charge in [-0.05, 0) is 30.3 Å². The Kier molecular flexibility index (Phi) is 3.08. The first-order chi connectivity index (χ1) is 9.65. The summed E-state index contributed by atoms with van der Waals surface area (Å²) in [5.41, 5.74) is 8.56. The minimum absolute atomic E-state index is 0.287. The summed E-state index contributed by atoms with van der Waals surface area (Å²) in [5, 5.41) is 15.9. The summed E-state index contributed by atoms with van der Waals surface area (Å²) in [6.45, 7) is 0. The molecule has 100 valence electrons. The molecular weight excluding hydrogens is 274 g/mol. The molecule has 0 radical (unpaired) electrons. The first kappa shape index (κ1) is 12.6. The molecule has 0 saturated carbocycles. The van der Waals surface area contributed by atoms with Crippen LogP contribution in [0.5, 0.6) is 0 Å². The zero-order valence-corrected chi connectivity index (χ0v) is 11.3. The number of nitrogens with two attached hydrogens (primary N) is 1. The van der Waals surface area contributed by atoms with Crippen molar-refractivity contribution in [3.05, 3.63) is 81.9 Å². The molecule has 0 fully saturated rings. The molecule has 20 heavy (non-hydrogen) atoms. The molecule has 0 bridgehead atoms. The molecule has 0 spiro atoms. The van der Waals surface area contributed by atoms with E-state index in [1.165, 1.54) is 6.20 Å². The molecule has 0 amide bonds. The topological polar surface area (TPSA) is 64.1 Å². The zero-order chi connectivity index (χ0) is 14.1. The van der Waals surface area contributed by atoms with Crippen LogP contribution in [0.4, 0.5) is 5.69 Å². The van der Waals surface area contributed by atoms with E-state index in [1.807, 2.05) is 30.3 Å². The fourth-order valence-corrected chi connectivity index (χ4v) is 2.37. The van der Waals surface area contributed by atoms with Gasteiger partial charge in [0, 0.05) is 10.6 Å². The predicted molar refractivity (Wildman–Crippen MR) is 80.6 cm³/mol. The second-order valence-electron chi connectivity index (χ2n) is 4.44. The van der Waals surface area contributed by atoms with Crippen LogP contribution in [0.1, 0.15) is 11.1 Å². The molecule has 2 aromatic rings. The van der Waals surface area contributed by atoms with Gasteiger partial charge >= 0.3 is 0 Å². The van der Waals surface area contributed by atoms with Crippen LogP contribution in [0.3, 0.4) is 0 Å². The maximum atomic E-state index is 12.3. The summed E-state index contributed by atoms with van der Waals surface area (Å²) in [5.74, 6) is 0.287. The fourth-order valence-electron chi connectivity index (χ4n) is 2.20. The van der Waals surface area contributed by atoms with Crippen molar-refractivity contribution in [2.45, 2.75) is 0 Å². The summed E-state index contributed by atoms with van der Waals surface area (Å²) in [4.78, 5) is 0. The second-order valence-corrected chi connectivity index (χ2v) is 4.88. The van der Waals surface area contributed by atoms with Crippen LogP contribution in [-0.4, -0.2) is 10.5 Å². The maximum absolute atomic E-state index is 12.3. The molecule has 0 atom stereocenters. The van der Waals surface area contributed by atoms with Crippen molar-refractivity contribution >= 4 is 23.0 Å². The third-order valence-corrected chi connectivity index (χ3v) is 3.27. The van der Waals surface area contributed by atoms with Crippen LogP contribution in [-0.2, 0) is 0 Å². The first-order valence-corrected chi connectivity index (χ1v) is 6.46. The number of hydroxylamine groups is 1. The van der Waals surface area contributed by atoms with Crippen molar-refractivity contribution in [1.82, 2.24) is 0 Å². The van der Waals surface area contributed by atoms with Gasteiger partial charge in [-0.2, -0.15) is 4.74 Å². The fraction of sp³-hybridized carbons (Fsp3) is 0.